The van der Waals surface area contributed by atoms with Crippen molar-refractivity contribution in [1.29, 1.82) is 0 Å². The minimum Gasteiger partial charge on any atom is -0.293 e. The van der Waals surface area contributed by atoms with Crippen molar-refractivity contribution >= 4 is 16.8 Å². The highest BCUT2D eigenvalue weighted by molar-refractivity contribution is 6.64. The summed E-state index contributed by atoms with van der Waals surface area (Å²) in [5.74, 6) is 0.805. The van der Waals surface area contributed by atoms with Gasteiger partial charge in [0.05, 0.1) is 6.04 Å². The normalized spacial score (nSPS) is 23.9. The summed E-state index contributed by atoms with van der Waals surface area (Å²) in [6.07, 6.45) is 2.38. The first-order chi connectivity index (χ1) is 5.61. The number of piperidine rings is 1. The molecule has 0 radical (unpaired) electrons. The molecular weight excluding hydrogens is 174 g/mol. The average molecular weight is 190 g/mol. The molecule has 70 valence electrons. The Hall–Kier alpha value is -0.0800. The molecule has 0 aromatic heterocycles. The van der Waals surface area contributed by atoms with Gasteiger partial charge in [0.15, 0.2) is 0 Å². The van der Waals surface area contributed by atoms with Crippen LogP contribution in [0.5, 0.6) is 0 Å². The van der Waals surface area contributed by atoms with E-state index in [0.29, 0.717) is 0 Å². The van der Waals surface area contributed by atoms with Gasteiger partial charge in [-0.05, 0) is 50.4 Å². The van der Waals surface area contributed by atoms with E-state index in [1.54, 1.807) is 0 Å². The molecule has 1 atom stereocenters. The Labute approximate surface area is 78.9 Å². The number of carbonyl (C=O) groups excluding carboxylic acids is 1. The van der Waals surface area contributed by atoms with Gasteiger partial charge in [0, 0.05) is 0 Å². The first-order valence-electron chi connectivity index (χ1n) is 4.54. The Morgan fingerprint density at radius 2 is 2.00 bits per heavy atom. The van der Waals surface area contributed by atoms with E-state index in [-0.39, 0.29) is 11.3 Å². The van der Waals surface area contributed by atoms with Crippen molar-refractivity contribution in [1.82, 2.24) is 4.90 Å². The second-order valence-electron chi connectivity index (χ2n) is 3.70. The fourth-order valence-electron chi connectivity index (χ4n) is 1.56. The second kappa shape index (κ2) is 4.24. The molecule has 0 saturated carbocycles. The summed E-state index contributed by atoms with van der Waals surface area (Å²) in [6, 6.07) is -0.0980. The van der Waals surface area contributed by atoms with Crippen LogP contribution in [0.4, 0.5) is 0 Å². The van der Waals surface area contributed by atoms with E-state index >= 15 is 0 Å². The second-order valence-corrected chi connectivity index (χ2v) is 4.07. The molecule has 0 N–H and O–H groups in total. The third-order valence-electron chi connectivity index (χ3n) is 2.69. The number of nitrogens with zero attached hydrogens (tertiary/aromatic N) is 1. The minimum atomic E-state index is -0.232. The lowest BCUT2D eigenvalue weighted by Gasteiger charge is -2.32. The molecule has 0 aromatic rings. The smallest absolute Gasteiger partial charge is 0.238 e. The molecule has 1 rings (SSSR count). The monoisotopic (exact) mass is 189 g/mol. The van der Waals surface area contributed by atoms with E-state index in [9.17, 15) is 4.79 Å². The van der Waals surface area contributed by atoms with Crippen molar-refractivity contribution in [3.8, 4) is 0 Å². The molecule has 0 amide bonds. The number of halogens is 1. The van der Waals surface area contributed by atoms with Crippen LogP contribution in [0.15, 0.2) is 0 Å². The topological polar surface area (TPSA) is 20.3 Å². The molecule has 0 spiro atoms. The van der Waals surface area contributed by atoms with Gasteiger partial charge in [0.2, 0.25) is 5.24 Å². The maximum atomic E-state index is 10.8. The molecule has 12 heavy (non-hydrogen) atoms. The largest absolute Gasteiger partial charge is 0.293 e. The molecule has 1 saturated heterocycles. The minimum absolute atomic E-state index is 0.0980. The van der Waals surface area contributed by atoms with Gasteiger partial charge in [0.1, 0.15) is 0 Å². The van der Waals surface area contributed by atoms with Crippen molar-refractivity contribution in [2.75, 3.05) is 13.1 Å². The van der Waals surface area contributed by atoms with Gasteiger partial charge in [-0.3, -0.25) is 9.69 Å². The molecule has 1 unspecified atom stereocenters. The van der Waals surface area contributed by atoms with Gasteiger partial charge in [-0.1, -0.05) is 6.92 Å². The Morgan fingerprint density at radius 3 is 2.42 bits per heavy atom. The molecule has 1 heterocycles. The standard InChI is InChI=1S/C9H16ClNO/c1-7-3-5-11(6-4-7)8(2)9(10)12/h7-8H,3-6H2,1-2H3. The zero-order valence-corrected chi connectivity index (χ0v) is 8.47. The van der Waals surface area contributed by atoms with Crippen LogP contribution in [0.3, 0.4) is 0 Å². The van der Waals surface area contributed by atoms with Crippen molar-refractivity contribution in [2.45, 2.75) is 32.7 Å². The number of carbonyl (C=O) groups is 1. The van der Waals surface area contributed by atoms with E-state index in [4.69, 9.17) is 11.6 Å². The van der Waals surface area contributed by atoms with Gasteiger partial charge < -0.3 is 0 Å². The van der Waals surface area contributed by atoms with Gasteiger partial charge in [-0.15, -0.1) is 0 Å². The maximum absolute atomic E-state index is 10.8. The Bertz CT molecular complexity index is 164. The lowest BCUT2D eigenvalue weighted by molar-refractivity contribution is -0.116. The number of hydrogen-bond acceptors (Lipinski definition) is 2. The molecule has 0 aliphatic carbocycles. The lowest BCUT2D eigenvalue weighted by atomic mass is 9.98. The van der Waals surface area contributed by atoms with Gasteiger partial charge in [-0.25, -0.2) is 0 Å². The first kappa shape index (κ1) is 10.0. The van der Waals surface area contributed by atoms with Crippen molar-refractivity contribution < 1.29 is 4.79 Å². The summed E-state index contributed by atoms with van der Waals surface area (Å²) >= 11 is 5.42. The van der Waals surface area contributed by atoms with Gasteiger partial charge in [0.25, 0.3) is 0 Å². The van der Waals surface area contributed by atoms with Crippen LogP contribution in [-0.2, 0) is 4.79 Å². The molecular formula is C9H16ClNO. The highest BCUT2D eigenvalue weighted by atomic mass is 35.5. The summed E-state index contributed by atoms with van der Waals surface area (Å²) in [4.78, 5) is 13.0. The van der Waals surface area contributed by atoms with E-state index < -0.39 is 0 Å². The fourth-order valence-corrected chi connectivity index (χ4v) is 1.70. The number of rotatable bonds is 2. The van der Waals surface area contributed by atoms with Crippen LogP contribution < -0.4 is 0 Å². The summed E-state index contributed by atoms with van der Waals surface area (Å²) in [7, 11) is 0. The Morgan fingerprint density at radius 1 is 1.50 bits per heavy atom. The number of hydrogen-bond donors (Lipinski definition) is 0. The van der Waals surface area contributed by atoms with E-state index in [1.165, 1.54) is 12.8 Å². The lowest BCUT2D eigenvalue weighted by Crippen LogP contribution is -2.42. The molecule has 1 aliphatic rings. The molecule has 3 heteroatoms. The summed E-state index contributed by atoms with van der Waals surface area (Å²) in [6.45, 7) is 6.16. The summed E-state index contributed by atoms with van der Waals surface area (Å²) in [5, 5.41) is -0.232. The van der Waals surface area contributed by atoms with Crippen LogP contribution in [0, 0.1) is 5.92 Å². The van der Waals surface area contributed by atoms with E-state index in [0.717, 1.165) is 19.0 Å². The molecule has 0 bridgehead atoms. The highest BCUT2D eigenvalue weighted by Crippen LogP contribution is 2.18. The van der Waals surface area contributed by atoms with Crippen molar-refractivity contribution in [3.63, 3.8) is 0 Å². The first-order valence-corrected chi connectivity index (χ1v) is 4.92. The third kappa shape index (κ3) is 2.46. The molecule has 1 aliphatic heterocycles. The predicted octanol–water partition coefficient (Wildman–Crippen LogP) is 1.87. The zero-order valence-electron chi connectivity index (χ0n) is 7.72. The average Bonchev–Trinajstić information content (AvgIpc) is 2.04. The highest BCUT2D eigenvalue weighted by Gasteiger charge is 2.23. The van der Waals surface area contributed by atoms with Crippen molar-refractivity contribution in [2.24, 2.45) is 5.92 Å². The Balaban J connectivity index is 2.39. The molecule has 0 aromatic carbocycles. The third-order valence-corrected chi connectivity index (χ3v) is 3.01. The predicted molar refractivity (Wildman–Crippen MR) is 50.3 cm³/mol. The molecule has 1 fully saturated rings. The quantitative estimate of drug-likeness (QED) is 0.619. The maximum Gasteiger partial charge on any atom is 0.238 e. The van der Waals surface area contributed by atoms with Crippen LogP contribution in [0.2, 0.25) is 0 Å². The van der Waals surface area contributed by atoms with Gasteiger partial charge >= 0.3 is 0 Å². The van der Waals surface area contributed by atoms with Crippen LogP contribution >= 0.6 is 11.6 Å². The van der Waals surface area contributed by atoms with Crippen LogP contribution in [0.1, 0.15) is 26.7 Å². The Kier molecular flexibility index (Phi) is 3.53. The van der Waals surface area contributed by atoms with Crippen LogP contribution in [-0.4, -0.2) is 29.3 Å². The van der Waals surface area contributed by atoms with Gasteiger partial charge in [-0.2, -0.15) is 0 Å². The summed E-state index contributed by atoms with van der Waals surface area (Å²) < 4.78 is 0. The number of likely N-dealkylation sites (tertiary alicyclic amines) is 1. The zero-order chi connectivity index (χ0) is 9.14. The van der Waals surface area contributed by atoms with E-state index in [1.807, 2.05) is 6.92 Å². The van der Waals surface area contributed by atoms with Crippen molar-refractivity contribution in [3.05, 3.63) is 0 Å². The van der Waals surface area contributed by atoms with E-state index in [2.05, 4.69) is 11.8 Å². The SMILES string of the molecule is CC1CCN(C(C)C(=O)Cl)CC1. The van der Waals surface area contributed by atoms with Crippen LogP contribution in [0.25, 0.3) is 0 Å². The summed E-state index contributed by atoms with van der Waals surface area (Å²) in [5.41, 5.74) is 0. The molecule has 2 nitrogen and oxygen atoms in total. The fraction of sp³-hybridized carbons (Fsp3) is 0.889.